The average molecular weight is 486 g/mol. The summed E-state index contributed by atoms with van der Waals surface area (Å²) in [6.07, 6.45) is 0. The molecule has 0 aromatic heterocycles. The molecule has 2 aromatic carbocycles. The van der Waals surface area contributed by atoms with Gasteiger partial charge < -0.3 is 5.11 Å². The molecule has 0 radical (unpaired) electrons. The van der Waals surface area contributed by atoms with E-state index in [9.17, 15) is 13.2 Å². The largest absolute Gasteiger partial charge is 0.480 e. The molecule has 0 saturated heterocycles. The Morgan fingerprint density at radius 3 is 2.39 bits per heavy atom. The fraction of sp³-hybridized carbons (Fsp3) is 0.0714. The van der Waals surface area contributed by atoms with Crippen molar-refractivity contribution in [1.82, 2.24) is 0 Å². The van der Waals surface area contributed by atoms with Gasteiger partial charge in [-0.2, -0.15) is 0 Å². The van der Waals surface area contributed by atoms with Gasteiger partial charge in [0.2, 0.25) is 0 Å². The highest BCUT2D eigenvalue weighted by Crippen LogP contribution is 2.29. The number of anilines is 1. The number of carboxylic acids is 1. The number of carbonyl (C=O) groups is 1. The second-order valence-electron chi connectivity index (χ2n) is 4.46. The molecule has 2 aromatic rings. The van der Waals surface area contributed by atoms with Gasteiger partial charge >= 0.3 is 5.97 Å². The predicted molar refractivity (Wildman–Crippen MR) is 97.8 cm³/mol. The quantitative estimate of drug-likeness (QED) is 0.652. The number of aliphatic carboxylic acids is 1. The lowest BCUT2D eigenvalue weighted by Crippen LogP contribution is -2.35. The fourth-order valence-electron chi connectivity index (χ4n) is 1.83. The number of carboxylic acid groups (broad SMARTS) is 1. The fourth-order valence-corrected chi connectivity index (χ4v) is 4.16. The zero-order valence-electron chi connectivity index (χ0n) is 11.4. The van der Waals surface area contributed by atoms with E-state index in [4.69, 9.17) is 28.3 Å². The van der Waals surface area contributed by atoms with Crippen LogP contribution in [0.15, 0.2) is 47.4 Å². The zero-order valence-corrected chi connectivity index (χ0v) is 15.9. The molecule has 2 rings (SSSR count). The standard InChI is InChI=1S/C14H10Cl2INO4S/c15-12-5-4-11(7-13(12)16)23(21,22)18(8-14(19)20)10-3-1-2-9(17)6-10/h1-7H,8H2,(H,19,20). The lowest BCUT2D eigenvalue weighted by molar-refractivity contribution is -0.135. The molecule has 0 bridgehead atoms. The van der Waals surface area contributed by atoms with E-state index in [0.717, 1.165) is 7.88 Å². The van der Waals surface area contributed by atoms with Crippen LogP contribution >= 0.6 is 45.8 Å². The smallest absolute Gasteiger partial charge is 0.324 e. The number of hydrogen-bond acceptors (Lipinski definition) is 3. The van der Waals surface area contributed by atoms with E-state index < -0.39 is 22.5 Å². The van der Waals surface area contributed by atoms with Crippen molar-refractivity contribution in [3.8, 4) is 0 Å². The first-order valence-corrected chi connectivity index (χ1v) is 9.44. The molecule has 0 aliphatic carbocycles. The minimum atomic E-state index is -4.10. The van der Waals surface area contributed by atoms with Crippen molar-refractivity contribution in [3.05, 3.63) is 56.1 Å². The number of nitrogens with zero attached hydrogens (tertiary/aromatic N) is 1. The first-order chi connectivity index (χ1) is 10.7. The number of sulfonamides is 1. The summed E-state index contributed by atoms with van der Waals surface area (Å²) in [6.45, 7) is -0.706. The predicted octanol–water partition coefficient (Wildman–Crippen LogP) is 3.88. The highest BCUT2D eigenvalue weighted by Gasteiger charge is 2.27. The van der Waals surface area contributed by atoms with E-state index in [0.29, 0.717) is 0 Å². The van der Waals surface area contributed by atoms with Gasteiger partial charge in [-0.1, -0.05) is 29.3 Å². The Bertz CT molecular complexity index is 858. The molecule has 0 atom stereocenters. The molecule has 0 heterocycles. The minimum absolute atomic E-state index is 0.0747. The third-order valence-corrected chi connectivity index (χ3v) is 6.03. The maximum atomic E-state index is 12.8. The monoisotopic (exact) mass is 485 g/mol. The molecule has 0 spiro atoms. The Balaban J connectivity index is 2.57. The average Bonchev–Trinajstić information content (AvgIpc) is 2.47. The summed E-state index contributed by atoms with van der Waals surface area (Å²) in [4.78, 5) is 11.0. The summed E-state index contributed by atoms with van der Waals surface area (Å²) in [5.74, 6) is -1.27. The Morgan fingerprint density at radius 1 is 1.13 bits per heavy atom. The molecule has 0 fully saturated rings. The number of hydrogen-bond donors (Lipinski definition) is 1. The van der Waals surface area contributed by atoms with Crippen molar-refractivity contribution >= 4 is 67.5 Å². The molecule has 23 heavy (non-hydrogen) atoms. The van der Waals surface area contributed by atoms with Crippen LogP contribution in [0.2, 0.25) is 10.0 Å². The van der Waals surface area contributed by atoms with Crippen LogP contribution in [0.5, 0.6) is 0 Å². The number of benzene rings is 2. The van der Waals surface area contributed by atoms with Crippen LogP contribution in [0.1, 0.15) is 0 Å². The van der Waals surface area contributed by atoms with Crippen molar-refractivity contribution in [2.45, 2.75) is 4.90 Å². The van der Waals surface area contributed by atoms with E-state index in [1.54, 1.807) is 18.2 Å². The maximum Gasteiger partial charge on any atom is 0.324 e. The van der Waals surface area contributed by atoms with Crippen LogP contribution in [0.3, 0.4) is 0 Å². The Kier molecular flexibility index (Phi) is 5.77. The van der Waals surface area contributed by atoms with Gasteiger partial charge in [0, 0.05) is 3.57 Å². The molecule has 0 amide bonds. The topological polar surface area (TPSA) is 74.7 Å². The van der Waals surface area contributed by atoms with Gasteiger partial charge in [0.1, 0.15) is 6.54 Å². The first kappa shape index (κ1) is 18.3. The molecule has 9 heteroatoms. The second kappa shape index (κ2) is 7.25. The molecule has 0 aliphatic rings. The lowest BCUT2D eigenvalue weighted by Gasteiger charge is -2.23. The normalized spacial score (nSPS) is 11.3. The Morgan fingerprint density at radius 2 is 1.83 bits per heavy atom. The molecule has 1 N–H and O–H groups in total. The van der Waals surface area contributed by atoms with E-state index in [2.05, 4.69) is 0 Å². The summed E-state index contributed by atoms with van der Waals surface area (Å²) < 4.78 is 27.2. The second-order valence-corrected chi connectivity index (χ2v) is 8.38. The third-order valence-electron chi connectivity index (χ3n) is 2.85. The zero-order chi connectivity index (χ0) is 17.2. The minimum Gasteiger partial charge on any atom is -0.480 e. The van der Waals surface area contributed by atoms with E-state index in [1.165, 1.54) is 24.3 Å². The van der Waals surface area contributed by atoms with Crippen molar-refractivity contribution in [2.24, 2.45) is 0 Å². The van der Waals surface area contributed by atoms with Gasteiger partial charge in [-0.3, -0.25) is 9.10 Å². The lowest BCUT2D eigenvalue weighted by atomic mass is 10.3. The van der Waals surface area contributed by atoms with Crippen LogP contribution in [0.4, 0.5) is 5.69 Å². The van der Waals surface area contributed by atoms with Gasteiger partial charge in [0.15, 0.2) is 0 Å². The third kappa shape index (κ3) is 4.28. The molecule has 0 unspecified atom stereocenters. The van der Waals surface area contributed by atoms with E-state index >= 15 is 0 Å². The SMILES string of the molecule is O=C(O)CN(c1cccc(I)c1)S(=O)(=O)c1ccc(Cl)c(Cl)c1. The highest BCUT2D eigenvalue weighted by molar-refractivity contribution is 14.1. The summed E-state index contributed by atoms with van der Waals surface area (Å²) in [5, 5.41) is 9.36. The Hall–Kier alpha value is -1.03. The van der Waals surface area contributed by atoms with Gasteiger partial charge in [0.05, 0.1) is 20.6 Å². The molecular formula is C14H10Cl2INO4S. The van der Waals surface area contributed by atoms with Crippen molar-refractivity contribution in [3.63, 3.8) is 0 Å². The Labute approximate surface area is 157 Å². The summed E-state index contributed by atoms with van der Waals surface area (Å²) >= 11 is 13.7. The van der Waals surface area contributed by atoms with Crippen LogP contribution < -0.4 is 4.31 Å². The highest BCUT2D eigenvalue weighted by atomic mass is 127. The van der Waals surface area contributed by atoms with Crippen molar-refractivity contribution in [2.75, 3.05) is 10.8 Å². The maximum absolute atomic E-state index is 12.8. The van der Waals surface area contributed by atoms with Crippen LogP contribution in [-0.4, -0.2) is 26.0 Å². The molecular weight excluding hydrogens is 476 g/mol. The van der Waals surface area contributed by atoms with Crippen LogP contribution in [0, 0.1) is 3.57 Å². The van der Waals surface area contributed by atoms with Gasteiger partial charge in [-0.15, -0.1) is 0 Å². The van der Waals surface area contributed by atoms with Gasteiger partial charge in [-0.25, -0.2) is 8.42 Å². The van der Waals surface area contributed by atoms with E-state index in [-0.39, 0.29) is 20.6 Å². The summed E-state index contributed by atoms with van der Waals surface area (Å²) in [7, 11) is -4.10. The molecule has 5 nitrogen and oxygen atoms in total. The number of rotatable bonds is 5. The van der Waals surface area contributed by atoms with Crippen molar-refractivity contribution in [1.29, 1.82) is 0 Å². The van der Waals surface area contributed by atoms with Crippen LogP contribution in [0.25, 0.3) is 0 Å². The first-order valence-electron chi connectivity index (χ1n) is 6.17. The van der Waals surface area contributed by atoms with Crippen molar-refractivity contribution < 1.29 is 18.3 Å². The van der Waals surface area contributed by atoms with E-state index in [1.807, 2.05) is 22.6 Å². The molecule has 0 saturated carbocycles. The van der Waals surface area contributed by atoms with Crippen LogP contribution in [-0.2, 0) is 14.8 Å². The van der Waals surface area contributed by atoms with Gasteiger partial charge in [-0.05, 0) is 59.0 Å². The van der Waals surface area contributed by atoms with Gasteiger partial charge in [0.25, 0.3) is 10.0 Å². The summed E-state index contributed by atoms with van der Waals surface area (Å²) in [5.41, 5.74) is 0.255. The summed E-state index contributed by atoms with van der Waals surface area (Å²) in [6, 6.07) is 10.4. The molecule has 122 valence electrons. The molecule has 0 aliphatic heterocycles. The number of halogens is 3.